The summed E-state index contributed by atoms with van der Waals surface area (Å²) in [5, 5.41) is 0. The van der Waals surface area contributed by atoms with E-state index >= 15 is 0 Å². The van der Waals surface area contributed by atoms with Gasteiger partial charge in [0.25, 0.3) is 0 Å². The molecule has 0 aliphatic carbocycles. The lowest BCUT2D eigenvalue weighted by Crippen LogP contribution is -1.90. The molecule has 12 heavy (non-hydrogen) atoms. The van der Waals surface area contributed by atoms with Gasteiger partial charge in [0.1, 0.15) is 6.26 Å². The van der Waals surface area contributed by atoms with Gasteiger partial charge < -0.3 is 4.89 Å². The Morgan fingerprint density at radius 2 is 2.08 bits per heavy atom. The van der Waals surface area contributed by atoms with Gasteiger partial charge in [-0.05, 0) is 12.5 Å². The van der Waals surface area contributed by atoms with E-state index in [1.807, 2.05) is 12.2 Å². The van der Waals surface area contributed by atoms with E-state index in [0.29, 0.717) is 6.61 Å². The van der Waals surface area contributed by atoms with Crippen LogP contribution in [0.5, 0.6) is 0 Å². The third-order valence-electron chi connectivity index (χ3n) is 1.14. The Kier molecular flexibility index (Phi) is 9.13. The molecule has 0 amide bonds. The number of hydrogen-bond acceptors (Lipinski definition) is 2. The monoisotopic (exact) mass is 168 g/mol. The zero-order chi connectivity index (χ0) is 9.07. The van der Waals surface area contributed by atoms with E-state index in [1.165, 1.54) is 6.26 Å². The van der Waals surface area contributed by atoms with Crippen LogP contribution in [0.15, 0.2) is 37.1 Å². The van der Waals surface area contributed by atoms with Crippen molar-refractivity contribution in [3.8, 4) is 0 Å². The molecule has 68 valence electrons. The minimum Gasteiger partial charge on any atom is -0.346 e. The Morgan fingerprint density at radius 3 is 2.75 bits per heavy atom. The third-order valence-corrected chi connectivity index (χ3v) is 1.14. The van der Waals surface area contributed by atoms with Gasteiger partial charge in [0.05, 0.1) is 6.61 Å². The van der Waals surface area contributed by atoms with Crippen molar-refractivity contribution in [3.05, 3.63) is 37.1 Å². The molecule has 0 aliphatic heterocycles. The highest BCUT2D eigenvalue weighted by molar-refractivity contribution is 5.06. The average Bonchev–Trinajstić information content (AvgIpc) is 2.10. The van der Waals surface area contributed by atoms with Crippen LogP contribution in [0.1, 0.15) is 19.8 Å². The van der Waals surface area contributed by atoms with E-state index < -0.39 is 0 Å². The van der Waals surface area contributed by atoms with Gasteiger partial charge in [0.2, 0.25) is 0 Å². The fourth-order valence-corrected chi connectivity index (χ4v) is 0.511. The quantitative estimate of drug-likeness (QED) is 0.191. The molecule has 0 aromatic heterocycles. The van der Waals surface area contributed by atoms with Crippen LogP contribution in [-0.4, -0.2) is 6.61 Å². The highest BCUT2D eigenvalue weighted by Crippen LogP contribution is 1.89. The molecule has 0 unspecified atom stereocenters. The smallest absolute Gasteiger partial charge is 0.129 e. The predicted octanol–water partition coefficient (Wildman–Crippen LogP) is 2.99. The summed E-state index contributed by atoms with van der Waals surface area (Å²) in [6.07, 6.45) is 10.7. The van der Waals surface area contributed by atoms with Crippen molar-refractivity contribution in [2.45, 2.75) is 19.8 Å². The van der Waals surface area contributed by atoms with Crippen LogP contribution < -0.4 is 0 Å². The normalized spacial score (nSPS) is 11.1. The maximum Gasteiger partial charge on any atom is 0.129 e. The molecule has 0 spiro atoms. The summed E-state index contributed by atoms with van der Waals surface area (Å²) in [5.74, 6) is 0. The van der Waals surface area contributed by atoms with Crippen molar-refractivity contribution in [3.63, 3.8) is 0 Å². The number of unbranched alkanes of at least 4 members (excludes halogenated alkanes) is 1. The van der Waals surface area contributed by atoms with Crippen molar-refractivity contribution < 1.29 is 9.78 Å². The van der Waals surface area contributed by atoms with Gasteiger partial charge >= 0.3 is 0 Å². The SMILES string of the molecule is C=C/C=C\C=C/OOCCCC. The second-order valence-electron chi connectivity index (χ2n) is 2.22. The summed E-state index contributed by atoms with van der Waals surface area (Å²) in [5.41, 5.74) is 0. The third kappa shape index (κ3) is 8.98. The molecule has 0 bridgehead atoms. The summed E-state index contributed by atoms with van der Waals surface area (Å²) in [4.78, 5) is 9.52. The van der Waals surface area contributed by atoms with E-state index in [4.69, 9.17) is 9.78 Å². The molecule has 0 N–H and O–H groups in total. The van der Waals surface area contributed by atoms with Gasteiger partial charge in [-0.1, -0.05) is 38.2 Å². The van der Waals surface area contributed by atoms with Crippen LogP contribution in [0.3, 0.4) is 0 Å². The molecule has 0 aromatic rings. The van der Waals surface area contributed by atoms with Crippen molar-refractivity contribution in [2.24, 2.45) is 0 Å². The Hall–Kier alpha value is -1.02. The van der Waals surface area contributed by atoms with Gasteiger partial charge in [0.15, 0.2) is 0 Å². The predicted molar refractivity (Wildman–Crippen MR) is 50.4 cm³/mol. The second kappa shape index (κ2) is 9.98. The van der Waals surface area contributed by atoms with Crippen molar-refractivity contribution in [2.75, 3.05) is 6.61 Å². The Labute approximate surface area is 74.1 Å². The average molecular weight is 168 g/mol. The minimum absolute atomic E-state index is 0.645. The summed E-state index contributed by atoms with van der Waals surface area (Å²) in [7, 11) is 0. The Morgan fingerprint density at radius 1 is 1.25 bits per heavy atom. The van der Waals surface area contributed by atoms with E-state index in [-0.39, 0.29) is 0 Å². The highest BCUT2D eigenvalue weighted by Gasteiger charge is 1.82. The standard InChI is InChI=1S/C10H16O2/c1-3-5-7-8-10-12-11-9-6-4-2/h3,5,7-8,10H,1,4,6,9H2,2H3/b7-5-,10-8-. The Bertz CT molecular complexity index is 148. The molecular formula is C10H16O2. The largest absolute Gasteiger partial charge is 0.346 e. The second-order valence-corrected chi connectivity index (χ2v) is 2.22. The molecule has 0 atom stereocenters. The van der Waals surface area contributed by atoms with Gasteiger partial charge in [-0.25, -0.2) is 0 Å². The number of rotatable bonds is 7. The van der Waals surface area contributed by atoms with Crippen LogP contribution in [-0.2, 0) is 9.78 Å². The first-order chi connectivity index (χ1) is 5.91. The van der Waals surface area contributed by atoms with Gasteiger partial charge in [-0.2, -0.15) is 4.89 Å². The molecule has 0 rings (SSSR count). The van der Waals surface area contributed by atoms with Crippen molar-refractivity contribution >= 4 is 0 Å². The van der Waals surface area contributed by atoms with E-state index in [1.54, 1.807) is 12.2 Å². The van der Waals surface area contributed by atoms with Crippen LogP contribution in [0, 0.1) is 0 Å². The maximum atomic E-state index is 4.81. The summed E-state index contributed by atoms with van der Waals surface area (Å²) >= 11 is 0. The summed E-state index contributed by atoms with van der Waals surface area (Å²) in [6.45, 7) is 6.27. The molecule has 0 aromatic carbocycles. The van der Waals surface area contributed by atoms with Crippen molar-refractivity contribution in [1.82, 2.24) is 0 Å². The molecule has 0 saturated heterocycles. The molecule has 0 heterocycles. The van der Waals surface area contributed by atoms with Crippen LogP contribution >= 0.6 is 0 Å². The first-order valence-electron chi connectivity index (χ1n) is 4.14. The lowest BCUT2D eigenvalue weighted by Gasteiger charge is -1.96. The number of hydrogen-bond donors (Lipinski definition) is 0. The summed E-state index contributed by atoms with van der Waals surface area (Å²) in [6, 6.07) is 0. The molecule has 0 aliphatic rings. The molecule has 0 saturated carbocycles. The fraction of sp³-hybridized carbons (Fsp3) is 0.400. The molecule has 0 radical (unpaired) electrons. The zero-order valence-corrected chi connectivity index (χ0v) is 7.53. The van der Waals surface area contributed by atoms with Crippen LogP contribution in [0.25, 0.3) is 0 Å². The first-order valence-corrected chi connectivity index (χ1v) is 4.14. The zero-order valence-electron chi connectivity index (χ0n) is 7.53. The van der Waals surface area contributed by atoms with Gasteiger partial charge in [0, 0.05) is 0 Å². The lowest BCUT2D eigenvalue weighted by atomic mass is 10.4. The van der Waals surface area contributed by atoms with Gasteiger partial charge in [-0.3, -0.25) is 0 Å². The highest BCUT2D eigenvalue weighted by atomic mass is 17.2. The van der Waals surface area contributed by atoms with Crippen molar-refractivity contribution in [1.29, 1.82) is 0 Å². The minimum atomic E-state index is 0.645. The molecule has 2 nitrogen and oxygen atoms in total. The Balaban J connectivity index is 3.13. The summed E-state index contributed by atoms with van der Waals surface area (Å²) < 4.78 is 0. The molecule has 0 fully saturated rings. The fourth-order valence-electron chi connectivity index (χ4n) is 0.511. The van der Waals surface area contributed by atoms with E-state index in [9.17, 15) is 0 Å². The van der Waals surface area contributed by atoms with E-state index in [0.717, 1.165) is 12.8 Å². The first kappa shape index (κ1) is 11.0. The lowest BCUT2D eigenvalue weighted by molar-refractivity contribution is -0.248. The topological polar surface area (TPSA) is 18.5 Å². The van der Waals surface area contributed by atoms with Crippen LogP contribution in [0.2, 0.25) is 0 Å². The van der Waals surface area contributed by atoms with Gasteiger partial charge in [-0.15, -0.1) is 0 Å². The van der Waals surface area contributed by atoms with Crippen LogP contribution in [0.4, 0.5) is 0 Å². The van der Waals surface area contributed by atoms with E-state index in [2.05, 4.69) is 13.5 Å². The maximum absolute atomic E-state index is 4.81. The molecular weight excluding hydrogens is 152 g/mol. The number of allylic oxidation sites excluding steroid dienone is 4. The molecule has 2 heteroatoms.